The van der Waals surface area contributed by atoms with E-state index in [1.807, 2.05) is 0 Å². The number of nitrogens with one attached hydrogen (secondary N) is 1. The van der Waals surface area contributed by atoms with Gasteiger partial charge in [-0.05, 0) is 30.5 Å². The number of benzene rings is 1. The second-order valence-electron chi connectivity index (χ2n) is 7.09. The molecule has 146 valence electrons. The Morgan fingerprint density at radius 1 is 1.32 bits per heavy atom. The van der Waals surface area contributed by atoms with Crippen LogP contribution in [0.4, 0.5) is 13.6 Å². The number of carbonyl (C=O) groups excluding carboxylic acids is 2. The van der Waals surface area contributed by atoms with Gasteiger partial charge in [-0.2, -0.15) is 0 Å². The first kappa shape index (κ1) is 18.3. The van der Waals surface area contributed by atoms with Crippen molar-refractivity contribution in [3.05, 3.63) is 47.8 Å². The average Bonchev–Trinajstić information content (AvgIpc) is 3.18. The largest absolute Gasteiger partial charge is 0.469 e. The summed E-state index contributed by atoms with van der Waals surface area (Å²) >= 11 is 0. The third-order valence-electron chi connectivity index (χ3n) is 5.27. The summed E-state index contributed by atoms with van der Waals surface area (Å²) < 4.78 is 37.6. The van der Waals surface area contributed by atoms with E-state index in [4.69, 9.17) is 9.47 Å². The van der Waals surface area contributed by atoms with Gasteiger partial charge in [-0.25, -0.2) is 23.5 Å². The summed E-state index contributed by atoms with van der Waals surface area (Å²) in [7, 11) is 1.31. The number of hydrogen-bond acceptors (Lipinski definition) is 6. The van der Waals surface area contributed by atoms with Gasteiger partial charge < -0.3 is 14.8 Å². The third kappa shape index (κ3) is 3.17. The topological polar surface area (TPSA) is 90.4 Å². The predicted octanol–water partition coefficient (Wildman–Crippen LogP) is 2.39. The molecule has 7 nitrogen and oxygen atoms in total. The Balaban J connectivity index is 1.65. The van der Waals surface area contributed by atoms with E-state index in [0.717, 1.165) is 12.4 Å². The van der Waals surface area contributed by atoms with Gasteiger partial charge in [-0.1, -0.05) is 6.07 Å². The van der Waals surface area contributed by atoms with Gasteiger partial charge in [0, 0.05) is 6.42 Å². The van der Waals surface area contributed by atoms with Crippen molar-refractivity contribution in [1.29, 1.82) is 0 Å². The van der Waals surface area contributed by atoms with E-state index in [9.17, 15) is 18.4 Å². The monoisotopic (exact) mass is 389 g/mol. The summed E-state index contributed by atoms with van der Waals surface area (Å²) in [5, 5.41) is 2.70. The van der Waals surface area contributed by atoms with E-state index in [-0.39, 0.29) is 23.9 Å². The summed E-state index contributed by atoms with van der Waals surface area (Å²) in [6.45, 7) is 0. The van der Waals surface area contributed by atoms with Gasteiger partial charge in [-0.15, -0.1) is 0 Å². The molecule has 0 spiro atoms. The molecular formula is C19H17F2N3O4. The zero-order valence-electron chi connectivity index (χ0n) is 14.9. The summed E-state index contributed by atoms with van der Waals surface area (Å²) in [6.07, 6.45) is 1.95. The molecule has 9 heteroatoms. The number of aromatic nitrogens is 2. The number of fused-ring (bicyclic) bond motifs is 1. The van der Waals surface area contributed by atoms with Crippen molar-refractivity contribution in [3.8, 4) is 11.4 Å². The Hall–Kier alpha value is -3.10. The van der Waals surface area contributed by atoms with E-state index in [1.165, 1.54) is 13.2 Å². The van der Waals surface area contributed by atoms with E-state index < -0.39 is 35.2 Å². The van der Waals surface area contributed by atoms with Gasteiger partial charge in [0.1, 0.15) is 11.9 Å². The second kappa shape index (κ2) is 6.81. The van der Waals surface area contributed by atoms with Crippen LogP contribution in [0.1, 0.15) is 18.4 Å². The molecule has 2 aliphatic rings. The smallest absolute Gasteiger partial charge is 0.407 e. The molecule has 4 rings (SSSR count). The van der Waals surface area contributed by atoms with Crippen molar-refractivity contribution in [2.75, 3.05) is 7.11 Å². The average molecular weight is 389 g/mol. The number of carbonyl (C=O) groups is 2. The van der Waals surface area contributed by atoms with Crippen molar-refractivity contribution in [2.24, 2.45) is 5.41 Å². The molecule has 1 saturated heterocycles. The highest BCUT2D eigenvalue weighted by atomic mass is 19.1. The minimum absolute atomic E-state index is 0.0479. The molecule has 2 fully saturated rings. The molecule has 1 aliphatic carbocycles. The summed E-state index contributed by atoms with van der Waals surface area (Å²) in [4.78, 5) is 31.6. The van der Waals surface area contributed by atoms with Crippen molar-refractivity contribution in [2.45, 2.75) is 31.4 Å². The first-order valence-corrected chi connectivity index (χ1v) is 8.72. The predicted molar refractivity (Wildman–Crippen MR) is 92.0 cm³/mol. The highest BCUT2D eigenvalue weighted by Crippen LogP contribution is 2.45. The van der Waals surface area contributed by atoms with E-state index in [2.05, 4.69) is 15.3 Å². The van der Waals surface area contributed by atoms with Crippen LogP contribution in [0.5, 0.6) is 0 Å². The van der Waals surface area contributed by atoms with Crippen LogP contribution in [0.2, 0.25) is 0 Å². The van der Waals surface area contributed by atoms with Crippen LogP contribution in [0.3, 0.4) is 0 Å². The standard InChI is InChI=1S/C19H17F2N3O4/c1-27-17(25)19(6-14-15(7-19)28-18(26)24-14)5-10-2-3-13(21)12(4-10)16-22-8-11(20)9-23-16/h2-4,8-9,14-15H,5-7H2,1H3,(H,24,26)/t14-,15+,19-/m1/s1. The summed E-state index contributed by atoms with van der Waals surface area (Å²) in [6, 6.07) is 4.10. The van der Waals surface area contributed by atoms with Gasteiger partial charge in [0.25, 0.3) is 0 Å². The first-order chi connectivity index (χ1) is 13.4. The number of methoxy groups -OCH3 is 1. The van der Waals surface area contributed by atoms with Gasteiger partial charge in [0.05, 0.1) is 36.5 Å². The Bertz CT molecular complexity index is 919. The maximum atomic E-state index is 14.3. The molecule has 28 heavy (non-hydrogen) atoms. The SMILES string of the molecule is COC(=O)[C@@]1(Cc2ccc(F)c(-c3ncc(F)cn3)c2)C[C@@H]2OC(=O)N[C@@H]2C1. The molecule has 1 saturated carbocycles. The fourth-order valence-corrected chi connectivity index (χ4v) is 4.05. The molecular weight excluding hydrogens is 372 g/mol. The number of hydrogen-bond donors (Lipinski definition) is 1. The minimum atomic E-state index is -0.906. The fraction of sp³-hybridized carbons (Fsp3) is 0.368. The maximum Gasteiger partial charge on any atom is 0.407 e. The molecule has 2 heterocycles. The quantitative estimate of drug-likeness (QED) is 0.808. The highest BCUT2D eigenvalue weighted by Gasteiger charge is 2.55. The van der Waals surface area contributed by atoms with Gasteiger partial charge in [0.15, 0.2) is 11.6 Å². The number of ether oxygens (including phenoxy) is 2. The molecule has 0 radical (unpaired) electrons. The summed E-state index contributed by atoms with van der Waals surface area (Å²) in [5.74, 6) is -1.54. The number of rotatable bonds is 4. The van der Waals surface area contributed by atoms with E-state index in [1.54, 1.807) is 12.1 Å². The Morgan fingerprint density at radius 3 is 2.75 bits per heavy atom. The molecule has 1 amide bonds. The molecule has 0 unspecified atom stereocenters. The van der Waals surface area contributed by atoms with Crippen LogP contribution >= 0.6 is 0 Å². The fourth-order valence-electron chi connectivity index (χ4n) is 4.05. The summed E-state index contributed by atoms with van der Waals surface area (Å²) in [5.41, 5.74) is -0.127. The number of alkyl carbamates (subject to hydrolysis) is 1. The lowest BCUT2D eigenvalue weighted by Gasteiger charge is -2.27. The highest BCUT2D eigenvalue weighted by molar-refractivity contribution is 5.79. The Kier molecular flexibility index (Phi) is 4.44. The van der Waals surface area contributed by atoms with Crippen molar-refractivity contribution in [1.82, 2.24) is 15.3 Å². The lowest BCUT2D eigenvalue weighted by molar-refractivity contribution is -0.153. The number of amides is 1. The van der Waals surface area contributed by atoms with Crippen molar-refractivity contribution >= 4 is 12.1 Å². The molecule has 0 bridgehead atoms. The molecule has 2 aromatic rings. The number of halogens is 2. The molecule has 1 aliphatic heterocycles. The van der Waals surface area contributed by atoms with E-state index >= 15 is 0 Å². The normalized spacial score (nSPS) is 25.8. The zero-order valence-corrected chi connectivity index (χ0v) is 14.9. The van der Waals surface area contributed by atoms with Crippen LogP contribution < -0.4 is 5.32 Å². The lowest BCUT2D eigenvalue weighted by atomic mass is 9.79. The minimum Gasteiger partial charge on any atom is -0.469 e. The van der Waals surface area contributed by atoms with Crippen LogP contribution in [-0.2, 0) is 20.7 Å². The van der Waals surface area contributed by atoms with Gasteiger partial charge >= 0.3 is 12.1 Å². The van der Waals surface area contributed by atoms with Crippen LogP contribution in [0.25, 0.3) is 11.4 Å². The molecule has 3 atom stereocenters. The zero-order chi connectivity index (χ0) is 19.9. The van der Waals surface area contributed by atoms with Crippen LogP contribution in [0, 0.1) is 17.0 Å². The molecule has 1 aromatic heterocycles. The molecule has 1 aromatic carbocycles. The molecule has 1 N–H and O–H groups in total. The van der Waals surface area contributed by atoms with Crippen LogP contribution in [0.15, 0.2) is 30.6 Å². The van der Waals surface area contributed by atoms with Crippen LogP contribution in [-0.4, -0.2) is 41.3 Å². The van der Waals surface area contributed by atoms with Gasteiger partial charge in [0.2, 0.25) is 0 Å². The second-order valence-corrected chi connectivity index (χ2v) is 7.09. The van der Waals surface area contributed by atoms with Crippen molar-refractivity contribution < 1.29 is 27.8 Å². The first-order valence-electron chi connectivity index (χ1n) is 8.72. The Morgan fingerprint density at radius 2 is 2.07 bits per heavy atom. The van der Waals surface area contributed by atoms with E-state index in [0.29, 0.717) is 18.4 Å². The Labute approximate surface area is 159 Å². The third-order valence-corrected chi connectivity index (χ3v) is 5.27. The lowest BCUT2D eigenvalue weighted by Crippen LogP contribution is -2.36. The number of nitrogens with zero attached hydrogens (tertiary/aromatic N) is 2. The number of esters is 1. The van der Waals surface area contributed by atoms with Gasteiger partial charge in [-0.3, -0.25) is 4.79 Å². The van der Waals surface area contributed by atoms with Crippen molar-refractivity contribution in [3.63, 3.8) is 0 Å². The maximum absolute atomic E-state index is 14.3.